The molecule has 0 fully saturated rings. The van der Waals surface area contributed by atoms with Crippen molar-refractivity contribution in [1.82, 2.24) is 0 Å². The van der Waals surface area contributed by atoms with Gasteiger partial charge in [0.1, 0.15) is 0 Å². The molecule has 0 saturated carbocycles. The topological polar surface area (TPSA) is 84.0 Å². The Morgan fingerprint density at radius 3 is 2.58 bits per heavy atom. The number of sulfone groups is 1. The van der Waals surface area contributed by atoms with Gasteiger partial charge in [0.25, 0.3) is 0 Å². The van der Waals surface area contributed by atoms with Gasteiger partial charge < -0.3 is 5.73 Å². The molecule has 126 valence electrons. The summed E-state index contributed by atoms with van der Waals surface area (Å²) in [6.45, 7) is 0. The number of nitrogens with two attached hydrogens (primary N) is 1. The quantitative estimate of drug-likeness (QED) is 0.642. The molecule has 0 radical (unpaired) electrons. The molecule has 4 nitrogen and oxygen atoms in total. The first-order chi connectivity index (χ1) is 11.5. The Morgan fingerprint density at radius 2 is 1.88 bits per heavy atom. The summed E-state index contributed by atoms with van der Waals surface area (Å²) in [5.74, 6) is 0.471. The lowest BCUT2D eigenvalue weighted by molar-refractivity contribution is 0.526. The summed E-state index contributed by atoms with van der Waals surface area (Å²) >= 11 is 0. The number of aryl methyl sites for hydroxylation is 1. The van der Waals surface area contributed by atoms with Crippen LogP contribution < -0.4 is 5.73 Å². The van der Waals surface area contributed by atoms with Crippen LogP contribution in [0.15, 0.2) is 58.3 Å². The molecular weight excluding hydrogens is 320 g/mol. The first-order valence-electron chi connectivity index (χ1n) is 8.24. The van der Waals surface area contributed by atoms with Crippen LogP contribution in [0.3, 0.4) is 0 Å². The zero-order valence-electron chi connectivity index (χ0n) is 13.5. The monoisotopic (exact) mass is 342 g/mol. The lowest BCUT2D eigenvalue weighted by Gasteiger charge is -2.26. The fourth-order valence-corrected chi connectivity index (χ4v) is 4.72. The molecule has 0 aliphatic heterocycles. The molecule has 0 saturated heterocycles. The van der Waals surface area contributed by atoms with Gasteiger partial charge in [-0.15, -0.1) is 0 Å². The van der Waals surface area contributed by atoms with Gasteiger partial charge >= 0.3 is 0 Å². The molecule has 0 heterocycles. The van der Waals surface area contributed by atoms with Crippen LogP contribution in [0, 0.1) is 5.41 Å². The standard InChI is InChI=1S/C19H22N2O2S/c20-19(21)12-10-15-6-4-5-14-9-11-17(13-18(14)15)24(22,23)16-7-2-1-3-8-16/h1-3,7-9,11,13,15H,4-6,10,12H2,(H3,20,21). The van der Waals surface area contributed by atoms with E-state index in [0.717, 1.165) is 31.2 Å². The van der Waals surface area contributed by atoms with Gasteiger partial charge in [-0.3, -0.25) is 5.41 Å². The molecule has 3 rings (SSSR count). The summed E-state index contributed by atoms with van der Waals surface area (Å²) in [5, 5.41) is 7.43. The van der Waals surface area contributed by atoms with Gasteiger partial charge in [-0.25, -0.2) is 8.42 Å². The molecule has 0 spiro atoms. The lowest BCUT2D eigenvalue weighted by Crippen LogP contribution is -2.15. The number of amidine groups is 1. The molecule has 2 aromatic carbocycles. The molecule has 5 heteroatoms. The van der Waals surface area contributed by atoms with Crippen LogP contribution in [0.5, 0.6) is 0 Å². The van der Waals surface area contributed by atoms with E-state index >= 15 is 0 Å². The molecule has 2 aromatic rings. The highest BCUT2D eigenvalue weighted by Crippen LogP contribution is 2.36. The van der Waals surface area contributed by atoms with Crippen LogP contribution in [-0.4, -0.2) is 14.3 Å². The highest BCUT2D eigenvalue weighted by atomic mass is 32.2. The predicted octanol–water partition coefficient (Wildman–Crippen LogP) is 3.66. The minimum Gasteiger partial charge on any atom is -0.388 e. The van der Waals surface area contributed by atoms with E-state index in [1.807, 2.05) is 18.2 Å². The second-order valence-corrected chi connectivity index (χ2v) is 8.28. The van der Waals surface area contributed by atoms with Gasteiger partial charge in [-0.05, 0) is 67.0 Å². The van der Waals surface area contributed by atoms with E-state index in [0.29, 0.717) is 16.2 Å². The van der Waals surface area contributed by atoms with Crippen molar-refractivity contribution in [3.63, 3.8) is 0 Å². The van der Waals surface area contributed by atoms with Gasteiger partial charge in [0.05, 0.1) is 15.6 Å². The highest BCUT2D eigenvalue weighted by molar-refractivity contribution is 7.91. The first kappa shape index (κ1) is 16.7. The lowest BCUT2D eigenvalue weighted by atomic mass is 9.80. The van der Waals surface area contributed by atoms with Crippen molar-refractivity contribution < 1.29 is 8.42 Å². The van der Waals surface area contributed by atoms with Gasteiger partial charge in [0.15, 0.2) is 0 Å². The minimum absolute atomic E-state index is 0.190. The molecule has 1 aliphatic carbocycles. The Labute approximate surface area is 143 Å². The van der Waals surface area contributed by atoms with Gasteiger partial charge in [-0.1, -0.05) is 24.3 Å². The SMILES string of the molecule is N=C(N)CCC1CCCc2ccc(S(=O)(=O)c3ccccc3)cc21. The van der Waals surface area contributed by atoms with E-state index in [-0.39, 0.29) is 11.8 Å². The van der Waals surface area contributed by atoms with Crippen molar-refractivity contribution in [2.75, 3.05) is 0 Å². The van der Waals surface area contributed by atoms with Crippen molar-refractivity contribution in [3.05, 3.63) is 59.7 Å². The molecule has 1 atom stereocenters. The van der Waals surface area contributed by atoms with Crippen molar-refractivity contribution >= 4 is 15.7 Å². The summed E-state index contributed by atoms with van der Waals surface area (Å²) in [6, 6.07) is 14.0. The van der Waals surface area contributed by atoms with Crippen LogP contribution in [-0.2, 0) is 16.3 Å². The van der Waals surface area contributed by atoms with Crippen LogP contribution in [0.2, 0.25) is 0 Å². The third-order valence-electron chi connectivity index (χ3n) is 4.68. The van der Waals surface area contributed by atoms with Crippen molar-refractivity contribution in [2.45, 2.75) is 47.8 Å². The molecule has 1 aliphatic rings. The molecule has 0 aromatic heterocycles. The Hall–Kier alpha value is -2.14. The van der Waals surface area contributed by atoms with E-state index in [4.69, 9.17) is 11.1 Å². The van der Waals surface area contributed by atoms with E-state index in [1.165, 1.54) is 5.56 Å². The number of hydrogen-bond acceptors (Lipinski definition) is 3. The number of rotatable bonds is 5. The Balaban J connectivity index is 1.98. The largest absolute Gasteiger partial charge is 0.388 e. The summed E-state index contributed by atoms with van der Waals surface area (Å²) in [5.41, 5.74) is 7.83. The van der Waals surface area contributed by atoms with Crippen LogP contribution in [0.25, 0.3) is 0 Å². The Kier molecular flexibility index (Phi) is 4.71. The molecule has 0 bridgehead atoms. The number of nitrogens with one attached hydrogen (secondary N) is 1. The van der Waals surface area contributed by atoms with E-state index in [9.17, 15) is 8.42 Å². The van der Waals surface area contributed by atoms with Gasteiger partial charge in [0, 0.05) is 6.42 Å². The van der Waals surface area contributed by atoms with Crippen LogP contribution in [0.1, 0.15) is 42.7 Å². The van der Waals surface area contributed by atoms with Crippen molar-refractivity contribution in [1.29, 1.82) is 5.41 Å². The molecule has 3 N–H and O–H groups in total. The Bertz CT molecular complexity index is 845. The number of fused-ring (bicyclic) bond motifs is 1. The van der Waals surface area contributed by atoms with E-state index in [1.54, 1.807) is 30.3 Å². The second kappa shape index (κ2) is 6.77. The van der Waals surface area contributed by atoms with E-state index in [2.05, 4.69) is 0 Å². The van der Waals surface area contributed by atoms with Crippen molar-refractivity contribution in [2.24, 2.45) is 5.73 Å². The summed E-state index contributed by atoms with van der Waals surface area (Å²) in [4.78, 5) is 0.670. The van der Waals surface area contributed by atoms with Crippen LogP contribution in [0.4, 0.5) is 0 Å². The zero-order chi connectivity index (χ0) is 17.2. The second-order valence-electron chi connectivity index (χ2n) is 6.33. The molecule has 0 amide bonds. The third kappa shape index (κ3) is 3.36. The Morgan fingerprint density at radius 1 is 1.12 bits per heavy atom. The smallest absolute Gasteiger partial charge is 0.206 e. The summed E-state index contributed by atoms with van der Waals surface area (Å²) in [7, 11) is -3.49. The fraction of sp³-hybridized carbons (Fsp3) is 0.316. The third-order valence-corrected chi connectivity index (χ3v) is 6.45. The predicted molar refractivity (Wildman–Crippen MR) is 95.2 cm³/mol. The highest BCUT2D eigenvalue weighted by Gasteiger charge is 2.24. The van der Waals surface area contributed by atoms with Crippen LogP contribution >= 0.6 is 0 Å². The average Bonchev–Trinajstić information content (AvgIpc) is 2.60. The van der Waals surface area contributed by atoms with Crippen molar-refractivity contribution in [3.8, 4) is 0 Å². The molecule has 24 heavy (non-hydrogen) atoms. The average molecular weight is 342 g/mol. The zero-order valence-corrected chi connectivity index (χ0v) is 14.4. The normalized spacial score (nSPS) is 17.2. The number of benzene rings is 2. The summed E-state index contributed by atoms with van der Waals surface area (Å²) < 4.78 is 25.7. The van der Waals surface area contributed by atoms with Gasteiger partial charge in [-0.2, -0.15) is 0 Å². The number of hydrogen-bond donors (Lipinski definition) is 2. The van der Waals surface area contributed by atoms with E-state index < -0.39 is 9.84 Å². The maximum absolute atomic E-state index is 12.8. The fourth-order valence-electron chi connectivity index (χ4n) is 3.41. The molecular formula is C19H22N2O2S. The maximum Gasteiger partial charge on any atom is 0.206 e. The minimum atomic E-state index is -3.49. The van der Waals surface area contributed by atoms with Gasteiger partial charge in [0.2, 0.25) is 9.84 Å². The molecule has 1 unspecified atom stereocenters. The summed E-state index contributed by atoms with van der Waals surface area (Å²) in [6.07, 6.45) is 4.46. The first-order valence-corrected chi connectivity index (χ1v) is 9.72. The maximum atomic E-state index is 12.8.